The third-order valence-corrected chi connectivity index (χ3v) is 2.47. The van der Waals surface area contributed by atoms with Gasteiger partial charge in [0.15, 0.2) is 0 Å². The Bertz CT molecular complexity index is 406. The Hall–Kier alpha value is -1.61. The Morgan fingerprint density at radius 3 is 2.73 bits per heavy atom. The first-order valence-electron chi connectivity index (χ1n) is 5.14. The van der Waals surface area contributed by atoms with E-state index in [0.29, 0.717) is 6.54 Å². The third-order valence-electron chi connectivity index (χ3n) is 2.47. The normalized spacial score (nSPS) is 10.5. The van der Waals surface area contributed by atoms with Crippen molar-refractivity contribution in [2.45, 2.75) is 19.5 Å². The van der Waals surface area contributed by atoms with Crippen molar-refractivity contribution in [3.05, 3.63) is 54.1 Å². The number of nitrogens with zero attached hydrogens (tertiary/aromatic N) is 2. The van der Waals surface area contributed by atoms with Crippen LogP contribution in [-0.4, -0.2) is 9.55 Å². The van der Waals surface area contributed by atoms with E-state index in [0.717, 1.165) is 18.8 Å². The lowest BCUT2D eigenvalue weighted by Gasteiger charge is -2.05. The van der Waals surface area contributed by atoms with Gasteiger partial charge in [0.2, 0.25) is 0 Å². The highest BCUT2D eigenvalue weighted by Crippen LogP contribution is 2.03. The van der Waals surface area contributed by atoms with Crippen molar-refractivity contribution in [1.29, 1.82) is 0 Å². The Morgan fingerprint density at radius 2 is 2.00 bits per heavy atom. The highest BCUT2D eigenvalue weighted by atomic mass is 15.1. The molecule has 1 aromatic heterocycles. The molecule has 0 aliphatic carbocycles. The highest BCUT2D eigenvalue weighted by molar-refractivity contribution is 5.14. The maximum absolute atomic E-state index is 5.58. The molecule has 0 saturated heterocycles. The zero-order valence-corrected chi connectivity index (χ0v) is 8.63. The van der Waals surface area contributed by atoms with Crippen LogP contribution in [0.15, 0.2) is 42.7 Å². The Labute approximate surface area is 89.6 Å². The van der Waals surface area contributed by atoms with E-state index in [1.54, 1.807) is 6.20 Å². The van der Waals surface area contributed by atoms with Gasteiger partial charge in [0.25, 0.3) is 0 Å². The Kier molecular flexibility index (Phi) is 3.15. The Balaban J connectivity index is 1.99. The van der Waals surface area contributed by atoms with Gasteiger partial charge in [-0.05, 0) is 12.0 Å². The molecule has 1 heterocycles. The lowest BCUT2D eigenvalue weighted by atomic mass is 10.1. The zero-order valence-electron chi connectivity index (χ0n) is 8.63. The molecule has 0 spiro atoms. The number of hydrogen-bond acceptors (Lipinski definition) is 2. The SMILES string of the molecule is NCc1nccn1CCc1ccccc1. The molecule has 78 valence electrons. The average molecular weight is 201 g/mol. The topological polar surface area (TPSA) is 43.8 Å². The zero-order chi connectivity index (χ0) is 10.5. The fourth-order valence-electron chi connectivity index (χ4n) is 1.63. The molecule has 0 saturated carbocycles. The maximum Gasteiger partial charge on any atom is 0.122 e. The van der Waals surface area contributed by atoms with Crippen LogP contribution in [0.3, 0.4) is 0 Å². The van der Waals surface area contributed by atoms with Crippen LogP contribution >= 0.6 is 0 Å². The molecule has 0 aliphatic heterocycles. The fourth-order valence-corrected chi connectivity index (χ4v) is 1.63. The average Bonchev–Trinajstić information content (AvgIpc) is 2.75. The van der Waals surface area contributed by atoms with E-state index >= 15 is 0 Å². The van der Waals surface area contributed by atoms with Crippen LogP contribution in [0.25, 0.3) is 0 Å². The summed E-state index contributed by atoms with van der Waals surface area (Å²) in [6.45, 7) is 1.44. The van der Waals surface area contributed by atoms with Gasteiger partial charge in [0.05, 0.1) is 6.54 Å². The van der Waals surface area contributed by atoms with Crippen molar-refractivity contribution in [1.82, 2.24) is 9.55 Å². The van der Waals surface area contributed by atoms with E-state index in [2.05, 4.69) is 33.8 Å². The first-order valence-corrected chi connectivity index (χ1v) is 5.14. The minimum Gasteiger partial charge on any atom is -0.334 e. The molecule has 15 heavy (non-hydrogen) atoms. The molecular formula is C12H15N3. The van der Waals surface area contributed by atoms with E-state index in [1.807, 2.05) is 12.3 Å². The summed E-state index contributed by atoms with van der Waals surface area (Å²) >= 11 is 0. The van der Waals surface area contributed by atoms with Gasteiger partial charge in [-0.1, -0.05) is 30.3 Å². The van der Waals surface area contributed by atoms with Crippen molar-refractivity contribution in [3.63, 3.8) is 0 Å². The third kappa shape index (κ3) is 2.44. The summed E-state index contributed by atoms with van der Waals surface area (Å²) in [7, 11) is 0. The van der Waals surface area contributed by atoms with Gasteiger partial charge in [-0.3, -0.25) is 0 Å². The largest absolute Gasteiger partial charge is 0.334 e. The molecule has 0 bridgehead atoms. The quantitative estimate of drug-likeness (QED) is 0.816. The predicted octanol–water partition coefficient (Wildman–Crippen LogP) is 1.58. The number of imidazole rings is 1. The summed E-state index contributed by atoms with van der Waals surface area (Å²) in [5, 5.41) is 0. The van der Waals surface area contributed by atoms with Gasteiger partial charge < -0.3 is 10.3 Å². The van der Waals surface area contributed by atoms with Crippen molar-refractivity contribution < 1.29 is 0 Å². The van der Waals surface area contributed by atoms with Crippen LogP contribution in [0.1, 0.15) is 11.4 Å². The second kappa shape index (κ2) is 4.75. The molecule has 2 aromatic rings. The minimum atomic E-state index is 0.502. The molecule has 0 unspecified atom stereocenters. The van der Waals surface area contributed by atoms with Gasteiger partial charge in [0.1, 0.15) is 5.82 Å². The number of hydrogen-bond donors (Lipinski definition) is 1. The number of benzene rings is 1. The summed E-state index contributed by atoms with van der Waals surface area (Å²) in [4.78, 5) is 4.18. The van der Waals surface area contributed by atoms with Crippen LogP contribution in [0, 0.1) is 0 Å². The van der Waals surface area contributed by atoms with Gasteiger partial charge in [0, 0.05) is 18.9 Å². The summed E-state index contributed by atoms with van der Waals surface area (Å²) in [5.74, 6) is 0.950. The van der Waals surface area contributed by atoms with Crippen LogP contribution in [0.4, 0.5) is 0 Å². The lowest BCUT2D eigenvalue weighted by molar-refractivity contribution is 0.652. The van der Waals surface area contributed by atoms with Crippen LogP contribution in [-0.2, 0) is 19.5 Å². The summed E-state index contributed by atoms with van der Waals surface area (Å²) < 4.78 is 2.10. The van der Waals surface area contributed by atoms with Gasteiger partial charge >= 0.3 is 0 Å². The molecule has 0 amide bonds. The van der Waals surface area contributed by atoms with E-state index in [4.69, 9.17) is 5.73 Å². The van der Waals surface area contributed by atoms with Crippen molar-refractivity contribution >= 4 is 0 Å². The number of rotatable bonds is 4. The Morgan fingerprint density at radius 1 is 1.20 bits per heavy atom. The maximum atomic E-state index is 5.58. The summed E-state index contributed by atoms with van der Waals surface area (Å²) in [6.07, 6.45) is 4.79. The smallest absolute Gasteiger partial charge is 0.122 e. The van der Waals surface area contributed by atoms with E-state index in [9.17, 15) is 0 Å². The molecule has 0 fully saturated rings. The second-order valence-corrected chi connectivity index (χ2v) is 3.48. The molecule has 3 heteroatoms. The molecule has 3 nitrogen and oxygen atoms in total. The van der Waals surface area contributed by atoms with Gasteiger partial charge in [-0.15, -0.1) is 0 Å². The number of aromatic nitrogens is 2. The standard InChI is InChI=1S/C12H15N3/c13-10-12-14-7-9-15(12)8-6-11-4-2-1-3-5-11/h1-5,7,9H,6,8,10,13H2. The van der Waals surface area contributed by atoms with Crippen molar-refractivity contribution in [2.75, 3.05) is 0 Å². The first-order chi connectivity index (χ1) is 7.40. The number of aryl methyl sites for hydroxylation is 2. The fraction of sp³-hybridized carbons (Fsp3) is 0.250. The first kappa shape index (κ1) is 9.93. The molecule has 2 rings (SSSR count). The van der Waals surface area contributed by atoms with E-state index < -0.39 is 0 Å². The van der Waals surface area contributed by atoms with Gasteiger partial charge in [-0.25, -0.2) is 4.98 Å². The highest BCUT2D eigenvalue weighted by Gasteiger charge is 1.99. The molecule has 1 aromatic carbocycles. The predicted molar refractivity (Wildman–Crippen MR) is 60.3 cm³/mol. The minimum absolute atomic E-state index is 0.502. The van der Waals surface area contributed by atoms with Crippen LogP contribution < -0.4 is 5.73 Å². The second-order valence-electron chi connectivity index (χ2n) is 3.48. The summed E-state index contributed by atoms with van der Waals surface area (Å²) in [6, 6.07) is 10.4. The van der Waals surface area contributed by atoms with Crippen LogP contribution in [0.5, 0.6) is 0 Å². The molecular weight excluding hydrogens is 186 g/mol. The molecule has 0 radical (unpaired) electrons. The number of nitrogens with two attached hydrogens (primary N) is 1. The molecule has 0 atom stereocenters. The van der Waals surface area contributed by atoms with Gasteiger partial charge in [-0.2, -0.15) is 0 Å². The monoisotopic (exact) mass is 201 g/mol. The van der Waals surface area contributed by atoms with Crippen molar-refractivity contribution in [2.24, 2.45) is 5.73 Å². The van der Waals surface area contributed by atoms with E-state index in [-0.39, 0.29) is 0 Å². The molecule has 2 N–H and O–H groups in total. The van der Waals surface area contributed by atoms with Crippen molar-refractivity contribution in [3.8, 4) is 0 Å². The van der Waals surface area contributed by atoms with E-state index in [1.165, 1.54) is 5.56 Å². The molecule has 0 aliphatic rings. The van der Waals surface area contributed by atoms with Crippen LogP contribution in [0.2, 0.25) is 0 Å². The lowest BCUT2D eigenvalue weighted by Crippen LogP contribution is -2.09. The summed E-state index contributed by atoms with van der Waals surface area (Å²) in [5.41, 5.74) is 6.92.